The molecule has 0 aromatic rings. The lowest BCUT2D eigenvalue weighted by Gasteiger charge is -2.27. The Morgan fingerprint density at radius 1 is 0.923 bits per heavy atom. The number of carboxylic acids is 1. The highest BCUT2D eigenvalue weighted by molar-refractivity contribution is 6.11. The zero-order valence-corrected chi connectivity index (χ0v) is 23.2. The Labute approximate surface area is 227 Å². The summed E-state index contributed by atoms with van der Waals surface area (Å²) in [7, 11) is 5.31. The van der Waals surface area contributed by atoms with Crippen LogP contribution in [0.5, 0.6) is 0 Å². The van der Waals surface area contributed by atoms with Gasteiger partial charge in [-0.05, 0) is 54.4 Å². The van der Waals surface area contributed by atoms with Crippen LogP contribution in [0, 0.1) is 0 Å². The molecule has 2 radical (unpaired) electrons. The summed E-state index contributed by atoms with van der Waals surface area (Å²) in [5, 5.41) is 17.7. The molecular weight excluding hydrogens is 531 g/mol. The molecule has 0 aliphatic carbocycles. The molecule has 3 rings (SSSR count). The third-order valence-corrected chi connectivity index (χ3v) is 5.36. The molecule has 224 valence electrons. The predicted octanol–water partition coefficient (Wildman–Crippen LogP) is 3.63. The monoisotopic (exact) mass is 570 g/mol. The highest BCUT2D eigenvalue weighted by Gasteiger charge is 2.51. The van der Waals surface area contributed by atoms with Crippen LogP contribution in [0.1, 0.15) is 67.2 Å². The summed E-state index contributed by atoms with van der Waals surface area (Å²) in [6, 6.07) is -2.34. The summed E-state index contributed by atoms with van der Waals surface area (Å²) in [6.45, 7) is 8.49. The van der Waals surface area contributed by atoms with Crippen molar-refractivity contribution in [2.75, 3.05) is 26.3 Å². The Kier molecular flexibility index (Phi) is 11.9. The number of hydrogen-bond donors (Lipinski definition) is 2. The summed E-state index contributed by atoms with van der Waals surface area (Å²) in [6.07, 6.45) is -1.03. The Bertz CT molecular complexity index is 845. The molecule has 0 aromatic heterocycles. The van der Waals surface area contributed by atoms with Crippen LogP contribution in [0.15, 0.2) is 0 Å². The zero-order chi connectivity index (χ0) is 30.4. The number of hydrogen-bond acceptors (Lipinski definition) is 7. The lowest BCUT2D eigenvalue weighted by atomic mass is 9.98. The molecule has 15 heteroatoms. The zero-order valence-electron chi connectivity index (χ0n) is 23.2. The molecule has 0 aromatic carbocycles. The third-order valence-electron chi connectivity index (χ3n) is 5.36. The molecule has 2 N–H and O–H groups in total. The summed E-state index contributed by atoms with van der Waals surface area (Å²) in [5.74, 6) is -7.57. The minimum absolute atomic E-state index is 0.0463. The molecule has 0 saturated carbocycles. The van der Waals surface area contributed by atoms with E-state index in [9.17, 15) is 31.9 Å². The first-order valence-electron chi connectivity index (χ1n) is 12.5. The summed E-state index contributed by atoms with van der Waals surface area (Å²) >= 11 is 0. The molecule has 3 aliphatic rings. The van der Waals surface area contributed by atoms with Gasteiger partial charge in [0.05, 0.1) is 25.7 Å². The molecule has 3 fully saturated rings. The number of aliphatic carboxylic acids is 1. The van der Waals surface area contributed by atoms with Crippen LogP contribution in [-0.4, -0.2) is 113 Å². The van der Waals surface area contributed by atoms with Gasteiger partial charge in [0.15, 0.2) is 0 Å². The number of halogens is 4. The van der Waals surface area contributed by atoms with Gasteiger partial charge in [0.2, 0.25) is 0 Å². The van der Waals surface area contributed by atoms with Gasteiger partial charge in [-0.25, -0.2) is 31.9 Å². The standard InChI is InChI=1S/C10H15F2NO4.C10H17F2NO3.C4H7BO/c1-9(2,3)17-8(16)13-5-10(11,12)4-6(13)7(14)15;1-9(2,3)16-8(15)13-6-10(11,12)4-7(13)5-14;5-4-2-1-3-6-4/h6H,4-5H2,1-3H3,(H,14,15);7,14H,4-6H2,1-3H3;4H,1-3H2/t6-;7-;/m00./s1. The quantitative estimate of drug-likeness (QED) is 0.381. The third kappa shape index (κ3) is 12.6. The number of alkyl halides is 4. The Hall–Kier alpha value is -2.29. The van der Waals surface area contributed by atoms with Crippen molar-refractivity contribution in [3.63, 3.8) is 0 Å². The van der Waals surface area contributed by atoms with Gasteiger partial charge in [0, 0.05) is 25.5 Å². The second-order valence-corrected chi connectivity index (χ2v) is 11.6. The van der Waals surface area contributed by atoms with Gasteiger partial charge in [-0.15, -0.1) is 0 Å². The molecule has 0 spiro atoms. The summed E-state index contributed by atoms with van der Waals surface area (Å²) in [5.41, 5.74) is -1.58. The number of carbonyl (C=O) groups is 3. The average Bonchev–Trinajstić information content (AvgIpc) is 3.42. The number of likely N-dealkylation sites (tertiary alicyclic amines) is 2. The number of nitrogens with zero attached hydrogens (tertiary/aromatic N) is 2. The average molecular weight is 570 g/mol. The van der Waals surface area contributed by atoms with E-state index in [4.69, 9.17) is 32.3 Å². The lowest BCUT2D eigenvalue weighted by molar-refractivity contribution is -0.142. The first-order valence-corrected chi connectivity index (χ1v) is 12.5. The fourth-order valence-electron chi connectivity index (χ4n) is 3.75. The normalized spacial score (nSPS) is 25.7. The lowest BCUT2D eigenvalue weighted by Crippen LogP contribution is -2.43. The van der Waals surface area contributed by atoms with Crippen LogP contribution >= 0.6 is 0 Å². The molecule has 1 unspecified atom stereocenters. The van der Waals surface area contributed by atoms with Crippen molar-refractivity contribution < 1.29 is 56.4 Å². The van der Waals surface area contributed by atoms with E-state index in [0.29, 0.717) is 4.90 Å². The van der Waals surface area contributed by atoms with Gasteiger partial charge in [-0.2, -0.15) is 0 Å². The maximum Gasteiger partial charge on any atom is 0.411 e. The first-order chi connectivity index (χ1) is 17.6. The van der Waals surface area contributed by atoms with Crippen molar-refractivity contribution in [3.05, 3.63) is 0 Å². The van der Waals surface area contributed by atoms with Crippen LogP contribution < -0.4 is 0 Å². The fraction of sp³-hybridized carbons (Fsp3) is 0.875. The number of carbonyl (C=O) groups excluding carboxylic acids is 2. The van der Waals surface area contributed by atoms with E-state index in [0.717, 1.165) is 24.3 Å². The van der Waals surface area contributed by atoms with E-state index >= 15 is 0 Å². The molecule has 3 heterocycles. The second kappa shape index (κ2) is 13.4. The number of aliphatic hydroxyl groups is 1. The van der Waals surface area contributed by atoms with Crippen molar-refractivity contribution in [1.82, 2.24) is 9.80 Å². The van der Waals surface area contributed by atoms with Gasteiger partial charge < -0.3 is 24.4 Å². The van der Waals surface area contributed by atoms with Gasteiger partial charge in [0.25, 0.3) is 11.8 Å². The van der Waals surface area contributed by atoms with E-state index in [1.54, 1.807) is 41.5 Å². The van der Waals surface area contributed by atoms with Crippen LogP contribution in [0.25, 0.3) is 0 Å². The number of amides is 2. The van der Waals surface area contributed by atoms with Crippen LogP contribution in [0.2, 0.25) is 0 Å². The predicted molar refractivity (Wildman–Crippen MR) is 132 cm³/mol. The molecule has 3 saturated heterocycles. The van der Waals surface area contributed by atoms with Crippen LogP contribution in [0.3, 0.4) is 0 Å². The maximum atomic E-state index is 13.1. The van der Waals surface area contributed by atoms with Crippen molar-refractivity contribution in [2.24, 2.45) is 0 Å². The van der Waals surface area contributed by atoms with Gasteiger partial charge in [-0.3, -0.25) is 9.80 Å². The van der Waals surface area contributed by atoms with E-state index in [-0.39, 0.29) is 6.00 Å². The van der Waals surface area contributed by atoms with Crippen molar-refractivity contribution >= 4 is 26.0 Å². The van der Waals surface area contributed by atoms with E-state index in [1.165, 1.54) is 0 Å². The number of carboxylic acid groups (broad SMARTS) is 1. The molecule has 10 nitrogen and oxygen atoms in total. The molecule has 39 heavy (non-hydrogen) atoms. The Balaban J connectivity index is 0.000000322. The molecule has 3 aliphatic heterocycles. The molecule has 0 bridgehead atoms. The second-order valence-electron chi connectivity index (χ2n) is 11.6. The fourth-order valence-corrected chi connectivity index (χ4v) is 3.75. The summed E-state index contributed by atoms with van der Waals surface area (Å²) < 4.78 is 67.1. The largest absolute Gasteiger partial charge is 0.480 e. The van der Waals surface area contributed by atoms with Crippen molar-refractivity contribution in [3.8, 4) is 0 Å². The maximum absolute atomic E-state index is 13.1. The topological polar surface area (TPSA) is 126 Å². The first kappa shape index (κ1) is 34.7. The smallest absolute Gasteiger partial charge is 0.411 e. The highest BCUT2D eigenvalue weighted by Crippen LogP contribution is 2.34. The van der Waals surface area contributed by atoms with Crippen LogP contribution in [-0.2, 0) is 19.0 Å². The number of aliphatic hydroxyl groups excluding tert-OH is 1. The van der Waals surface area contributed by atoms with Gasteiger partial charge in [0.1, 0.15) is 25.1 Å². The number of ether oxygens (including phenoxy) is 3. The summed E-state index contributed by atoms with van der Waals surface area (Å²) in [4.78, 5) is 35.4. The molecule has 2 amide bonds. The van der Waals surface area contributed by atoms with Gasteiger partial charge >= 0.3 is 18.2 Å². The van der Waals surface area contributed by atoms with Crippen LogP contribution in [0.4, 0.5) is 27.2 Å². The van der Waals surface area contributed by atoms with Gasteiger partial charge in [-0.1, -0.05) is 0 Å². The Morgan fingerprint density at radius 3 is 1.74 bits per heavy atom. The van der Waals surface area contributed by atoms with E-state index < -0.39 is 85.8 Å². The van der Waals surface area contributed by atoms with Crippen molar-refractivity contribution in [1.29, 1.82) is 0 Å². The van der Waals surface area contributed by atoms with Crippen molar-refractivity contribution in [2.45, 2.75) is 108 Å². The SMILES string of the molecule is CC(C)(C)OC(=O)N1CC(F)(F)C[C@H]1C(=O)O.CC(C)(C)OC(=O)N1CC(F)(F)C[C@H]1CO.[B]C1CCCO1. The molecular formula is C24H39BF4N2O8. The Morgan fingerprint density at radius 2 is 1.38 bits per heavy atom. The van der Waals surface area contributed by atoms with E-state index in [1.807, 2.05) is 0 Å². The minimum atomic E-state index is -3.18. The molecule has 3 atom stereocenters. The highest BCUT2D eigenvalue weighted by atomic mass is 19.3. The minimum Gasteiger partial charge on any atom is -0.480 e. The van der Waals surface area contributed by atoms with E-state index in [2.05, 4.69) is 0 Å². The number of rotatable bonds is 2.